The number of halogens is 3. The van der Waals surface area contributed by atoms with Crippen LogP contribution < -0.4 is 0 Å². The molecule has 2 atom stereocenters. The molecule has 3 aromatic carbocycles. The Morgan fingerprint density at radius 2 is 1.67 bits per heavy atom. The molecule has 1 heterocycles. The number of rotatable bonds is 4. The van der Waals surface area contributed by atoms with Gasteiger partial charge in [-0.15, -0.1) is 0 Å². The highest BCUT2D eigenvalue weighted by atomic mass is 35.5. The van der Waals surface area contributed by atoms with Crippen LogP contribution in [-0.4, -0.2) is 21.6 Å². The third-order valence-electron chi connectivity index (χ3n) is 6.52. The summed E-state index contributed by atoms with van der Waals surface area (Å²) < 4.78 is 0. The highest BCUT2D eigenvalue weighted by Gasteiger charge is 2.44. The Hall–Kier alpha value is -3.19. The van der Waals surface area contributed by atoms with E-state index in [-0.39, 0.29) is 28.2 Å². The molecule has 1 saturated carbocycles. The maximum absolute atomic E-state index is 13.7. The SMILES string of the molecule is O=C(c1ccc(Cl)c([N+](=O)[O-])c1)N1N=C2/C(=C/c3ccc(Cl)cc3)CCCC2C1c1ccc(Cl)cc1. The second-order valence-corrected chi connectivity index (χ2v) is 10.1. The average molecular weight is 541 g/mol. The molecule has 2 unspecified atom stereocenters. The van der Waals surface area contributed by atoms with Crippen LogP contribution in [0.5, 0.6) is 0 Å². The molecule has 182 valence electrons. The lowest BCUT2D eigenvalue weighted by molar-refractivity contribution is -0.384. The third kappa shape index (κ3) is 4.76. The standard InChI is InChI=1S/C27H20Cl3N3O3/c28-20-9-4-16(5-10-20)14-18-2-1-3-22-25(18)31-32(26(22)17-6-11-21(29)12-7-17)27(34)19-8-13-23(30)24(15-19)33(35)36/h4-15,22,26H,1-3H2/b18-14+. The van der Waals surface area contributed by atoms with Gasteiger partial charge in [-0.25, -0.2) is 5.01 Å². The zero-order valence-corrected chi connectivity index (χ0v) is 21.2. The second kappa shape index (κ2) is 10.1. The summed E-state index contributed by atoms with van der Waals surface area (Å²) in [5.41, 5.74) is 3.64. The minimum Gasteiger partial charge on any atom is -0.267 e. The van der Waals surface area contributed by atoms with Crippen LogP contribution in [0.1, 0.15) is 46.8 Å². The maximum Gasteiger partial charge on any atom is 0.288 e. The van der Waals surface area contributed by atoms with Gasteiger partial charge in [0, 0.05) is 27.6 Å². The molecule has 1 aliphatic heterocycles. The van der Waals surface area contributed by atoms with Gasteiger partial charge in [0.15, 0.2) is 0 Å². The summed E-state index contributed by atoms with van der Waals surface area (Å²) in [6.45, 7) is 0. The summed E-state index contributed by atoms with van der Waals surface area (Å²) in [6.07, 6.45) is 4.72. The molecular weight excluding hydrogens is 521 g/mol. The minimum absolute atomic E-state index is 0.0234. The number of allylic oxidation sites excluding steroid dienone is 1. The van der Waals surface area contributed by atoms with Gasteiger partial charge in [0.1, 0.15) is 5.02 Å². The zero-order valence-electron chi connectivity index (χ0n) is 18.9. The van der Waals surface area contributed by atoms with Crippen LogP contribution in [0, 0.1) is 16.0 Å². The highest BCUT2D eigenvalue weighted by Crippen LogP contribution is 2.45. The summed E-state index contributed by atoms with van der Waals surface area (Å²) in [7, 11) is 0. The molecule has 0 spiro atoms. The van der Waals surface area contributed by atoms with Crippen LogP contribution in [0.25, 0.3) is 6.08 Å². The summed E-state index contributed by atoms with van der Waals surface area (Å²) in [4.78, 5) is 24.5. The van der Waals surface area contributed by atoms with Gasteiger partial charge >= 0.3 is 0 Å². The van der Waals surface area contributed by atoms with Crippen LogP contribution in [0.15, 0.2) is 77.4 Å². The van der Waals surface area contributed by atoms with E-state index in [4.69, 9.17) is 39.9 Å². The van der Waals surface area contributed by atoms with Crippen molar-refractivity contribution in [1.29, 1.82) is 0 Å². The van der Waals surface area contributed by atoms with Crippen molar-refractivity contribution in [2.24, 2.45) is 11.0 Å². The highest BCUT2D eigenvalue weighted by molar-refractivity contribution is 6.32. The summed E-state index contributed by atoms with van der Waals surface area (Å²) in [5.74, 6) is -0.452. The number of amides is 1. The Morgan fingerprint density at radius 3 is 2.33 bits per heavy atom. The molecule has 1 aliphatic carbocycles. The van der Waals surface area contributed by atoms with E-state index in [1.807, 2.05) is 36.4 Å². The van der Waals surface area contributed by atoms with Gasteiger partial charge in [-0.05, 0) is 78.4 Å². The molecule has 0 N–H and O–H groups in total. The van der Waals surface area contributed by atoms with Gasteiger partial charge in [0.25, 0.3) is 11.6 Å². The van der Waals surface area contributed by atoms with Gasteiger partial charge in [-0.1, -0.05) is 59.1 Å². The number of nitro benzene ring substituents is 1. The van der Waals surface area contributed by atoms with E-state index in [9.17, 15) is 14.9 Å². The van der Waals surface area contributed by atoms with Crippen molar-refractivity contribution >= 4 is 58.2 Å². The van der Waals surface area contributed by atoms with Gasteiger partial charge < -0.3 is 0 Å². The van der Waals surface area contributed by atoms with Crippen LogP contribution in [0.2, 0.25) is 15.1 Å². The smallest absolute Gasteiger partial charge is 0.267 e. The fourth-order valence-corrected chi connectivity index (χ4v) is 5.28. The van der Waals surface area contributed by atoms with Crippen molar-refractivity contribution < 1.29 is 9.72 Å². The molecule has 5 rings (SSSR count). The van der Waals surface area contributed by atoms with E-state index in [1.165, 1.54) is 23.2 Å². The summed E-state index contributed by atoms with van der Waals surface area (Å²) in [6, 6.07) is 18.6. The van der Waals surface area contributed by atoms with Gasteiger partial charge in [-0.3, -0.25) is 14.9 Å². The predicted molar refractivity (Wildman–Crippen MR) is 143 cm³/mol. The number of nitrogens with zero attached hydrogens (tertiary/aromatic N) is 3. The van der Waals surface area contributed by atoms with Crippen LogP contribution in [-0.2, 0) is 0 Å². The molecule has 2 aliphatic rings. The number of hydrogen-bond donors (Lipinski definition) is 0. The van der Waals surface area contributed by atoms with Gasteiger partial charge in [-0.2, -0.15) is 5.10 Å². The van der Waals surface area contributed by atoms with Crippen molar-refractivity contribution in [1.82, 2.24) is 5.01 Å². The Bertz CT molecular complexity index is 1400. The molecule has 9 heteroatoms. The average Bonchev–Trinajstić information content (AvgIpc) is 3.26. The fraction of sp³-hybridized carbons (Fsp3) is 0.185. The third-order valence-corrected chi connectivity index (χ3v) is 7.35. The molecule has 6 nitrogen and oxygen atoms in total. The maximum atomic E-state index is 13.7. The normalized spacial score (nSPS) is 20.2. The summed E-state index contributed by atoms with van der Waals surface area (Å²) in [5, 5.41) is 18.9. The van der Waals surface area contributed by atoms with Crippen LogP contribution in [0.4, 0.5) is 5.69 Å². The van der Waals surface area contributed by atoms with E-state index in [2.05, 4.69) is 6.08 Å². The Labute approximate surface area is 222 Å². The monoisotopic (exact) mass is 539 g/mol. The Kier molecular flexibility index (Phi) is 6.84. The molecule has 1 fully saturated rings. The van der Waals surface area contributed by atoms with Gasteiger partial charge in [0.2, 0.25) is 0 Å². The number of fused-ring (bicyclic) bond motifs is 1. The number of carbonyl (C=O) groups is 1. The summed E-state index contributed by atoms with van der Waals surface area (Å²) >= 11 is 18.2. The number of benzene rings is 3. The number of hydrogen-bond acceptors (Lipinski definition) is 4. The number of carbonyl (C=O) groups excluding carboxylic acids is 1. The van der Waals surface area contributed by atoms with Crippen LogP contribution >= 0.6 is 34.8 Å². The largest absolute Gasteiger partial charge is 0.288 e. The second-order valence-electron chi connectivity index (χ2n) is 8.77. The molecular formula is C27H20Cl3N3O3. The van der Waals surface area contributed by atoms with Crippen LogP contribution in [0.3, 0.4) is 0 Å². The topological polar surface area (TPSA) is 75.8 Å². The number of nitro groups is 1. The molecule has 36 heavy (non-hydrogen) atoms. The quantitative estimate of drug-likeness (QED) is 0.248. The minimum atomic E-state index is -0.599. The predicted octanol–water partition coefficient (Wildman–Crippen LogP) is 7.99. The first-order valence-electron chi connectivity index (χ1n) is 11.4. The molecule has 0 radical (unpaired) electrons. The zero-order chi connectivity index (χ0) is 25.4. The molecule has 1 amide bonds. The first-order chi connectivity index (χ1) is 17.3. The van der Waals surface area contributed by atoms with E-state index in [0.717, 1.165) is 41.7 Å². The molecule has 0 bridgehead atoms. The van der Waals surface area contributed by atoms with Crippen molar-refractivity contribution in [3.8, 4) is 0 Å². The lowest BCUT2D eigenvalue weighted by Gasteiger charge is -2.29. The Balaban J connectivity index is 1.59. The number of hydrazone groups is 1. The van der Waals surface area contributed by atoms with Gasteiger partial charge in [0.05, 0.1) is 16.7 Å². The molecule has 0 aromatic heterocycles. The molecule has 3 aromatic rings. The first kappa shape index (κ1) is 24.5. The van der Waals surface area contributed by atoms with Crippen molar-refractivity contribution in [2.45, 2.75) is 25.3 Å². The molecule has 0 saturated heterocycles. The Morgan fingerprint density at radius 1 is 1.00 bits per heavy atom. The fourth-order valence-electron chi connectivity index (χ4n) is 4.84. The lowest BCUT2D eigenvalue weighted by Crippen LogP contribution is -2.32. The van der Waals surface area contributed by atoms with E-state index in [1.54, 1.807) is 12.1 Å². The van der Waals surface area contributed by atoms with Crippen molar-refractivity contribution in [2.75, 3.05) is 0 Å². The van der Waals surface area contributed by atoms with E-state index in [0.29, 0.717) is 10.0 Å². The lowest BCUT2D eigenvalue weighted by atomic mass is 9.77. The first-order valence-corrected chi connectivity index (χ1v) is 12.5. The van der Waals surface area contributed by atoms with E-state index >= 15 is 0 Å². The van der Waals surface area contributed by atoms with Crippen molar-refractivity contribution in [3.05, 3.63) is 114 Å². The van der Waals surface area contributed by atoms with Crippen molar-refractivity contribution in [3.63, 3.8) is 0 Å². The van der Waals surface area contributed by atoms with E-state index < -0.39 is 10.8 Å².